The minimum atomic E-state index is -0.189. The molecule has 0 saturated heterocycles. The molecule has 66 valence electrons. The summed E-state index contributed by atoms with van der Waals surface area (Å²) >= 11 is 3.29. The second-order valence-corrected chi connectivity index (χ2v) is 4.22. The quantitative estimate of drug-likeness (QED) is 0.789. The summed E-state index contributed by atoms with van der Waals surface area (Å²) in [5, 5.41) is 9.10. The van der Waals surface area contributed by atoms with E-state index in [1.165, 1.54) is 0 Å². The number of aromatic nitrogens is 1. The topological polar surface area (TPSA) is 33.1 Å². The molecule has 0 atom stereocenters. The number of aliphatic hydroxyl groups is 1. The van der Waals surface area contributed by atoms with E-state index >= 15 is 0 Å². The fourth-order valence-electron chi connectivity index (χ4n) is 0.915. The molecule has 3 heteroatoms. The number of pyridine rings is 1. The summed E-state index contributed by atoms with van der Waals surface area (Å²) in [6, 6.07) is 3.84. The van der Waals surface area contributed by atoms with E-state index in [-0.39, 0.29) is 12.0 Å². The van der Waals surface area contributed by atoms with E-state index in [1.54, 1.807) is 6.20 Å². The third kappa shape index (κ3) is 2.05. The van der Waals surface area contributed by atoms with E-state index < -0.39 is 0 Å². The zero-order valence-corrected chi connectivity index (χ0v) is 8.80. The van der Waals surface area contributed by atoms with Gasteiger partial charge in [0, 0.05) is 11.6 Å². The zero-order valence-electron chi connectivity index (χ0n) is 7.21. The predicted molar refractivity (Wildman–Crippen MR) is 52.0 cm³/mol. The Bertz CT molecular complexity index is 273. The van der Waals surface area contributed by atoms with Crippen LogP contribution >= 0.6 is 15.9 Å². The van der Waals surface area contributed by atoms with Gasteiger partial charge in [-0.1, -0.05) is 13.8 Å². The third-order valence-electron chi connectivity index (χ3n) is 1.90. The summed E-state index contributed by atoms with van der Waals surface area (Å²) in [5.41, 5.74) is 0.901. The first-order valence-corrected chi connectivity index (χ1v) is 4.58. The van der Waals surface area contributed by atoms with Gasteiger partial charge in [-0.2, -0.15) is 0 Å². The van der Waals surface area contributed by atoms with E-state index in [9.17, 15) is 0 Å². The van der Waals surface area contributed by atoms with Gasteiger partial charge in [0.15, 0.2) is 0 Å². The maximum Gasteiger partial charge on any atom is 0.106 e. The van der Waals surface area contributed by atoms with Crippen LogP contribution in [0.2, 0.25) is 0 Å². The average Bonchev–Trinajstić information content (AvgIpc) is 2.05. The van der Waals surface area contributed by atoms with Crippen molar-refractivity contribution < 1.29 is 5.11 Å². The van der Waals surface area contributed by atoms with Gasteiger partial charge in [-0.15, -0.1) is 0 Å². The highest BCUT2D eigenvalue weighted by atomic mass is 79.9. The van der Waals surface area contributed by atoms with Crippen molar-refractivity contribution >= 4 is 15.9 Å². The molecule has 1 rings (SSSR count). The lowest BCUT2D eigenvalue weighted by molar-refractivity contribution is 0.218. The van der Waals surface area contributed by atoms with E-state index in [0.29, 0.717) is 0 Å². The molecule has 1 N–H and O–H groups in total. The van der Waals surface area contributed by atoms with Crippen LogP contribution in [0.5, 0.6) is 0 Å². The number of aliphatic hydroxyl groups excluding tert-OH is 1. The van der Waals surface area contributed by atoms with Crippen LogP contribution < -0.4 is 0 Å². The fourth-order valence-corrected chi connectivity index (χ4v) is 1.28. The van der Waals surface area contributed by atoms with Gasteiger partial charge in [0.1, 0.15) is 4.60 Å². The van der Waals surface area contributed by atoms with E-state index in [4.69, 9.17) is 5.11 Å². The minimum absolute atomic E-state index is 0.142. The molecule has 2 nitrogen and oxygen atoms in total. The van der Waals surface area contributed by atoms with E-state index in [1.807, 2.05) is 26.0 Å². The monoisotopic (exact) mass is 229 g/mol. The van der Waals surface area contributed by atoms with Gasteiger partial charge >= 0.3 is 0 Å². The van der Waals surface area contributed by atoms with Crippen LogP contribution in [0, 0.1) is 0 Å². The normalized spacial score (nSPS) is 11.7. The fraction of sp³-hybridized carbons (Fsp3) is 0.444. The Hall–Kier alpha value is -0.410. The standard InChI is InChI=1S/C9H12BrNO/c1-9(2,6-12)7-3-4-11-8(10)5-7/h3-5,12H,6H2,1-2H3. The molecule has 0 bridgehead atoms. The molecular formula is C9H12BrNO. The SMILES string of the molecule is CC(C)(CO)c1ccnc(Br)c1. The summed E-state index contributed by atoms with van der Waals surface area (Å²) in [6.07, 6.45) is 1.73. The lowest BCUT2D eigenvalue weighted by atomic mass is 9.86. The van der Waals surface area contributed by atoms with Crippen molar-refractivity contribution in [2.45, 2.75) is 19.3 Å². The molecule has 0 amide bonds. The number of nitrogens with zero attached hydrogens (tertiary/aromatic N) is 1. The van der Waals surface area contributed by atoms with E-state index in [0.717, 1.165) is 10.2 Å². The number of halogens is 1. The van der Waals surface area contributed by atoms with Gasteiger partial charge in [-0.3, -0.25) is 0 Å². The second kappa shape index (κ2) is 3.54. The van der Waals surface area contributed by atoms with Crippen LogP contribution in [0.3, 0.4) is 0 Å². The van der Waals surface area contributed by atoms with Crippen molar-refractivity contribution in [3.63, 3.8) is 0 Å². The summed E-state index contributed by atoms with van der Waals surface area (Å²) in [5.74, 6) is 0. The van der Waals surface area contributed by atoms with Crippen LogP contribution in [0.1, 0.15) is 19.4 Å². The molecule has 0 aliphatic rings. The maximum absolute atomic E-state index is 9.10. The molecule has 0 saturated carbocycles. The molecule has 0 aliphatic carbocycles. The van der Waals surface area contributed by atoms with Crippen LogP contribution in [0.25, 0.3) is 0 Å². The number of hydrogen-bond acceptors (Lipinski definition) is 2. The Labute approximate surface area is 80.8 Å². The van der Waals surface area contributed by atoms with Gasteiger partial charge < -0.3 is 5.11 Å². The molecular weight excluding hydrogens is 218 g/mol. The molecule has 0 aliphatic heterocycles. The molecule has 0 radical (unpaired) electrons. The zero-order chi connectivity index (χ0) is 9.19. The molecule has 0 fully saturated rings. The lowest BCUT2D eigenvalue weighted by Gasteiger charge is -2.21. The average molecular weight is 230 g/mol. The molecule has 1 aromatic heterocycles. The molecule has 0 aromatic carbocycles. The van der Waals surface area contributed by atoms with Gasteiger partial charge in [0.2, 0.25) is 0 Å². The van der Waals surface area contributed by atoms with Crippen molar-refractivity contribution in [3.8, 4) is 0 Å². The molecule has 0 unspecified atom stereocenters. The Morgan fingerprint density at radius 3 is 2.75 bits per heavy atom. The first kappa shape index (κ1) is 9.68. The highest BCUT2D eigenvalue weighted by Crippen LogP contribution is 2.23. The summed E-state index contributed by atoms with van der Waals surface area (Å²) in [4.78, 5) is 4.02. The van der Waals surface area contributed by atoms with Crippen LogP contribution in [0.4, 0.5) is 0 Å². The smallest absolute Gasteiger partial charge is 0.106 e. The van der Waals surface area contributed by atoms with Gasteiger partial charge in [-0.05, 0) is 33.6 Å². The highest BCUT2D eigenvalue weighted by Gasteiger charge is 2.19. The van der Waals surface area contributed by atoms with E-state index in [2.05, 4.69) is 20.9 Å². The summed E-state index contributed by atoms with van der Waals surface area (Å²) < 4.78 is 0.807. The predicted octanol–water partition coefficient (Wildman–Crippen LogP) is 2.11. The van der Waals surface area contributed by atoms with Gasteiger partial charge in [0.05, 0.1) is 6.61 Å². The first-order chi connectivity index (χ1) is 5.56. The number of rotatable bonds is 2. The summed E-state index contributed by atoms with van der Waals surface area (Å²) in [6.45, 7) is 4.13. The number of hydrogen-bond donors (Lipinski definition) is 1. The van der Waals surface area contributed by atoms with Crippen molar-refractivity contribution in [1.82, 2.24) is 4.98 Å². The maximum atomic E-state index is 9.10. The van der Waals surface area contributed by atoms with Gasteiger partial charge in [-0.25, -0.2) is 4.98 Å². The van der Waals surface area contributed by atoms with Crippen LogP contribution in [-0.4, -0.2) is 16.7 Å². The largest absolute Gasteiger partial charge is 0.395 e. The first-order valence-electron chi connectivity index (χ1n) is 3.79. The van der Waals surface area contributed by atoms with Gasteiger partial charge in [0.25, 0.3) is 0 Å². The van der Waals surface area contributed by atoms with Crippen molar-refractivity contribution in [3.05, 3.63) is 28.5 Å². The Kier molecular flexibility index (Phi) is 2.85. The van der Waals surface area contributed by atoms with Crippen LogP contribution in [0.15, 0.2) is 22.9 Å². The highest BCUT2D eigenvalue weighted by molar-refractivity contribution is 9.10. The van der Waals surface area contributed by atoms with Crippen molar-refractivity contribution in [2.24, 2.45) is 0 Å². The molecule has 1 aromatic rings. The Balaban J connectivity index is 3.03. The third-order valence-corrected chi connectivity index (χ3v) is 2.34. The summed E-state index contributed by atoms with van der Waals surface area (Å²) in [7, 11) is 0. The van der Waals surface area contributed by atoms with Crippen LogP contribution in [-0.2, 0) is 5.41 Å². The molecule has 1 heterocycles. The van der Waals surface area contributed by atoms with Crippen molar-refractivity contribution in [2.75, 3.05) is 6.61 Å². The van der Waals surface area contributed by atoms with Crippen molar-refractivity contribution in [1.29, 1.82) is 0 Å². The lowest BCUT2D eigenvalue weighted by Crippen LogP contribution is -2.21. The Morgan fingerprint density at radius 1 is 1.58 bits per heavy atom. The minimum Gasteiger partial charge on any atom is -0.395 e. The molecule has 12 heavy (non-hydrogen) atoms. The second-order valence-electron chi connectivity index (χ2n) is 3.41. The Morgan fingerprint density at radius 2 is 2.25 bits per heavy atom. The molecule has 0 spiro atoms.